The average molecular weight is 343 g/mol. The normalized spacial score (nSPS) is 12.2. The van der Waals surface area contributed by atoms with Crippen LogP contribution in [0.25, 0.3) is 0 Å². The monoisotopic (exact) mass is 341 g/mol. The van der Waals surface area contributed by atoms with Crippen LogP contribution in [0.5, 0.6) is 0 Å². The Kier molecular flexibility index (Phi) is 4.83. The summed E-state index contributed by atoms with van der Waals surface area (Å²) < 4.78 is 13.7. The van der Waals surface area contributed by atoms with E-state index in [1.165, 1.54) is 12.1 Å². The van der Waals surface area contributed by atoms with E-state index in [1.807, 2.05) is 30.3 Å². The van der Waals surface area contributed by atoms with E-state index < -0.39 is 0 Å². The summed E-state index contributed by atoms with van der Waals surface area (Å²) in [7, 11) is 0. The Hall–Kier alpha value is -1.06. The lowest BCUT2D eigenvalue weighted by Gasteiger charge is -2.16. The lowest BCUT2D eigenvalue weighted by Crippen LogP contribution is -2.18. The molecule has 0 aliphatic rings. The molecule has 0 bridgehead atoms. The standard InChI is InChI=1S/C15H14BrClFN/c1-10(8-11-2-4-12(18)5-3-11)19-13-6-7-15(17)14(16)9-13/h2-7,9-10,19H,8H2,1H3. The Morgan fingerprint density at radius 3 is 2.53 bits per heavy atom. The van der Waals surface area contributed by atoms with E-state index in [0.717, 1.165) is 22.1 Å². The number of nitrogens with one attached hydrogen (secondary N) is 1. The van der Waals surface area contributed by atoms with Crippen molar-refractivity contribution in [3.8, 4) is 0 Å². The predicted molar refractivity (Wildman–Crippen MR) is 82.3 cm³/mol. The molecule has 1 N–H and O–H groups in total. The molecule has 0 spiro atoms. The van der Waals surface area contributed by atoms with Crippen molar-refractivity contribution in [3.05, 3.63) is 63.3 Å². The molecule has 0 saturated heterocycles. The second kappa shape index (κ2) is 6.40. The van der Waals surface area contributed by atoms with Crippen molar-refractivity contribution < 1.29 is 4.39 Å². The first-order valence-electron chi connectivity index (χ1n) is 6.00. The zero-order chi connectivity index (χ0) is 13.8. The molecule has 19 heavy (non-hydrogen) atoms. The van der Waals surface area contributed by atoms with Crippen LogP contribution >= 0.6 is 27.5 Å². The zero-order valence-corrected chi connectivity index (χ0v) is 12.8. The first-order valence-corrected chi connectivity index (χ1v) is 7.18. The van der Waals surface area contributed by atoms with Crippen molar-refractivity contribution in [2.75, 3.05) is 5.32 Å². The van der Waals surface area contributed by atoms with E-state index in [-0.39, 0.29) is 11.9 Å². The molecule has 4 heteroatoms. The fourth-order valence-corrected chi connectivity index (χ4v) is 2.39. The number of halogens is 3. The van der Waals surface area contributed by atoms with E-state index >= 15 is 0 Å². The van der Waals surface area contributed by atoms with Crippen LogP contribution < -0.4 is 5.32 Å². The maximum Gasteiger partial charge on any atom is 0.123 e. The van der Waals surface area contributed by atoms with Crippen LogP contribution in [0.2, 0.25) is 5.02 Å². The average Bonchev–Trinajstić information content (AvgIpc) is 2.37. The molecule has 1 nitrogen and oxygen atoms in total. The summed E-state index contributed by atoms with van der Waals surface area (Å²) in [6, 6.07) is 12.6. The molecule has 0 heterocycles. The minimum Gasteiger partial charge on any atom is -0.382 e. The maximum absolute atomic E-state index is 12.8. The molecule has 0 amide bonds. The lowest BCUT2D eigenvalue weighted by atomic mass is 10.1. The third-order valence-electron chi connectivity index (χ3n) is 2.79. The molecular formula is C15H14BrClFN. The Morgan fingerprint density at radius 1 is 1.21 bits per heavy atom. The largest absolute Gasteiger partial charge is 0.382 e. The maximum atomic E-state index is 12.8. The van der Waals surface area contributed by atoms with E-state index in [2.05, 4.69) is 28.2 Å². The third-order valence-corrected chi connectivity index (χ3v) is 4.00. The summed E-state index contributed by atoms with van der Waals surface area (Å²) in [6.07, 6.45) is 0.834. The molecule has 1 unspecified atom stereocenters. The van der Waals surface area contributed by atoms with Gasteiger partial charge in [0.2, 0.25) is 0 Å². The number of hydrogen-bond donors (Lipinski definition) is 1. The van der Waals surface area contributed by atoms with Crippen molar-refractivity contribution in [3.63, 3.8) is 0 Å². The smallest absolute Gasteiger partial charge is 0.123 e. The Balaban J connectivity index is 1.98. The first-order chi connectivity index (χ1) is 9.04. The first kappa shape index (κ1) is 14.4. The third kappa shape index (κ3) is 4.22. The van der Waals surface area contributed by atoms with Gasteiger partial charge in [-0.1, -0.05) is 23.7 Å². The Labute approximate surface area is 125 Å². The second-order valence-electron chi connectivity index (χ2n) is 4.50. The van der Waals surface area contributed by atoms with Gasteiger partial charge in [-0.3, -0.25) is 0 Å². The molecule has 2 aromatic carbocycles. The molecular weight excluding hydrogens is 329 g/mol. The molecule has 2 aromatic rings. The van der Waals surface area contributed by atoms with Gasteiger partial charge in [-0.2, -0.15) is 0 Å². The summed E-state index contributed by atoms with van der Waals surface area (Å²) in [4.78, 5) is 0. The molecule has 0 fully saturated rings. The zero-order valence-electron chi connectivity index (χ0n) is 10.5. The van der Waals surface area contributed by atoms with Crippen molar-refractivity contribution in [1.82, 2.24) is 0 Å². The van der Waals surface area contributed by atoms with Gasteiger partial charge in [0.25, 0.3) is 0 Å². The molecule has 0 radical (unpaired) electrons. The summed E-state index contributed by atoms with van der Waals surface area (Å²) in [5, 5.41) is 4.08. The minimum atomic E-state index is -0.203. The van der Waals surface area contributed by atoms with Crippen molar-refractivity contribution >= 4 is 33.2 Å². The molecule has 2 rings (SSSR count). The van der Waals surface area contributed by atoms with E-state index in [9.17, 15) is 4.39 Å². The van der Waals surface area contributed by atoms with Crippen LogP contribution in [0.1, 0.15) is 12.5 Å². The topological polar surface area (TPSA) is 12.0 Å². The number of anilines is 1. The van der Waals surface area contributed by atoms with E-state index in [0.29, 0.717) is 5.02 Å². The number of benzene rings is 2. The number of rotatable bonds is 4. The van der Waals surface area contributed by atoms with Crippen molar-refractivity contribution in [2.24, 2.45) is 0 Å². The van der Waals surface area contributed by atoms with Gasteiger partial charge in [0.15, 0.2) is 0 Å². The van der Waals surface area contributed by atoms with Gasteiger partial charge in [-0.15, -0.1) is 0 Å². The van der Waals surface area contributed by atoms with Crippen LogP contribution in [-0.2, 0) is 6.42 Å². The minimum absolute atomic E-state index is 0.203. The van der Waals surface area contributed by atoms with Crippen LogP contribution in [0.15, 0.2) is 46.9 Å². The highest BCUT2D eigenvalue weighted by Crippen LogP contribution is 2.26. The highest BCUT2D eigenvalue weighted by molar-refractivity contribution is 9.10. The molecule has 100 valence electrons. The van der Waals surface area contributed by atoms with Crippen LogP contribution in [-0.4, -0.2) is 6.04 Å². The van der Waals surface area contributed by atoms with Crippen molar-refractivity contribution in [1.29, 1.82) is 0 Å². The summed E-state index contributed by atoms with van der Waals surface area (Å²) in [5.74, 6) is -0.203. The van der Waals surface area contributed by atoms with Gasteiger partial charge in [-0.25, -0.2) is 4.39 Å². The molecule has 0 aromatic heterocycles. The second-order valence-corrected chi connectivity index (χ2v) is 5.77. The van der Waals surface area contributed by atoms with Gasteiger partial charge in [0.1, 0.15) is 5.82 Å². The van der Waals surface area contributed by atoms with E-state index in [4.69, 9.17) is 11.6 Å². The predicted octanol–water partition coefficient (Wildman–Crippen LogP) is 5.28. The van der Waals surface area contributed by atoms with Gasteiger partial charge in [-0.05, 0) is 65.2 Å². The molecule has 0 saturated carbocycles. The molecule has 0 aliphatic carbocycles. The highest BCUT2D eigenvalue weighted by Gasteiger charge is 2.05. The Bertz CT molecular complexity index is 557. The van der Waals surface area contributed by atoms with E-state index in [1.54, 1.807) is 0 Å². The van der Waals surface area contributed by atoms with Gasteiger partial charge in [0, 0.05) is 16.2 Å². The summed E-state index contributed by atoms with van der Waals surface area (Å²) in [5.41, 5.74) is 2.11. The van der Waals surface area contributed by atoms with Gasteiger partial charge < -0.3 is 5.32 Å². The summed E-state index contributed by atoms with van der Waals surface area (Å²) >= 11 is 9.35. The van der Waals surface area contributed by atoms with Gasteiger partial charge >= 0.3 is 0 Å². The summed E-state index contributed by atoms with van der Waals surface area (Å²) in [6.45, 7) is 2.09. The van der Waals surface area contributed by atoms with Crippen LogP contribution in [0.3, 0.4) is 0 Å². The quantitative estimate of drug-likeness (QED) is 0.796. The molecule has 1 atom stereocenters. The highest BCUT2D eigenvalue weighted by atomic mass is 79.9. The molecule has 0 aliphatic heterocycles. The van der Waals surface area contributed by atoms with Crippen LogP contribution in [0, 0.1) is 5.82 Å². The van der Waals surface area contributed by atoms with Crippen molar-refractivity contribution in [2.45, 2.75) is 19.4 Å². The fraction of sp³-hybridized carbons (Fsp3) is 0.200. The Morgan fingerprint density at radius 2 is 1.89 bits per heavy atom. The lowest BCUT2D eigenvalue weighted by molar-refractivity contribution is 0.626. The fourth-order valence-electron chi connectivity index (χ4n) is 1.90. The SMILES string of the molecule is CC(Cc1ccc(F)cc1)Nc1ccc(Cl)c(Br)c1. The number of hydrogen-bond acceptors (Lipinski definition) is 1. The van der Waals surface area contributed by atoms with Crippen LogP contribution in [0.4, 0.5) is 10.1 Å². The van der Waals surface area contributed by atoms with Gasteiger partial charge in [0.05, 0.1) is 5.02 Å².